The predicted molar refractivity (Wildman–Crippen MR) is 423 cm³/mol. The number of fused-ring (bicyclic) bond motifs is 13. The van der Waals surface area contributed by atoms with E-state index in [-0.39, 0.29) is 0 Å². The van der Waals surface area contributed by atoms with E-state index in [1.54, 1.807) is 0 Å². The van der Waals surface area contributed by atoms with Crippen molar-refractivity contribution in [3.05, 3.63) is 0 Å². The summed E-state index contributed by atoms with van der Waals surface area (Å²) >= 11 is 0. The maximum absolute atomic E-state index is 2.76. The number of rotatable bonds is 14. The van der Waals surface area contributed by atoms with E-state index in [9.17, 15) is 0 Å². The number of nitrogens with zero attached hydrogens (tertiary/aromatic N) is 14. The third kappa shape index (κ3) is 24.5. The average Bonchev–Trinajstić information content (AvgIpc) is 1.37. The van der Waals surface area contributed by atoms with Crippen molar-refractivity contribution in [2.75, 3.05) is 144 Å². The first-order chi connectivity index (χ1) is 45.4. The molecular weight excluding hydrogens is 1190 g/mol. The second-order valence-electron chi connectivity index (χ2n) is 38.1. The Hall–Kier alpha value is -0.560. The lowest BCUT2D eigenvalue weighted by atomic mass is 9.73. The van der Waals surface area contributed by atoms with Crippen molar-refractivity contribution in [3.8, 4) is 0 Å². The van der Waals surface area contributed by atoms with Gasteiger partial charge in [-0.2, -0.15) is 0 Å². The molecule has 0 aromatic heterocycles. The molecule has 14 heteroatoms. The third-order valence-electron chi connectivity index (χ3n) is 26.2. The van der Waals surface area contributed by atoms with Gasteiger partial charge in [0.2, 0.25) is 0 Å². The maximum Gasteiger partial charge on any atom is 0.0277 e. The van der Waals surface area contributed by atoms with Crippen LogP contribution in [0.5, 0.6) is 0 Å². The van der Waals surface area contributed by atoms with Crippen LogP contribution in [0, 0.1) is 29.1 Å². The molecule has 15 aliphatic heterocycles. The number of hydrogen-bond donors (Lipinski definition) is 0. The molecule has 0 N–H and O–H groups in total. The molecule has 8 bridgehead atoms. The molecule has 15 heterocycles. The van der Waals surface area contributed by atoms with Gasteiger partial charge >= 0.3 is 0 Å². The lowest BCUT2D eigenvalue weighted by Gasteiger charge is -2.59. The number of likely N-dealkylation sites (tertiary alicyclic amines) is 4. The number of hydrogen-bond acceptors (Lipinski definition) is 14. The Morgan fingerprint density at radius 1 is 0.237 bits per heavy atom. The van der Waals surface area contributed by atoms with Crippen molar-refractivity contribution < 1.29 is 0 Å². The zero-order valence-electron chi connectivity index (χ0n) is 70.4. The minimum Gasteiger partial charge on any atom is -0.300 e. The van der Waals surface area contributed by atoms with Crippen molar-refractivity contribution in [1.82, 2.24) is 68.6 Å². The SMILES string of the molecule is CC(C)N1CC2CC(C1)N2C(C)C.CC(C)N1CC2CC1CN2C(C)C.CC(C)N1CC2CCC(C1)N(C(C)C)C2.CC(C)N1CC2CN(C(C)C)C(C1)C(C)(C)C2.CC(C)N1CC2CN(C(C)C)CC2C1.CC(C)N1CCCN(C(C)C)CC1.CC(C)N1CCN(C(C)C)CC1. The highest BCUT2D eigenvalue weighted by Gasteiger charge is 2.49. The Kier molecular flexibility index (Phi) is 34.5. The normalized spacial score (nSPS) is 31.7. The summed E-state index contributed by atoms with van der Waals surface area (Å²) in [4.78, 5) is 37.1. The van der Waals surface area contributed by atoms with Crippen molar-refractivity contribution in [2.45, 2.75) is 367 Å². The Morgan fingerprint density at radius 2 is 0.536 bits per heavy atom. The van der Waals surface area contributed by atoms with Gasteiger partial charge in [-0.3, -0.25) is 58.8 Å². The maximum atomic E-state index is 2.76. The fraction of sp³-hybridized carbons (Fsp3) is 1.00. The van der Waals surface area contributed by atoms with Gasteiger partial charge in [0.25, 0.3) is 0 Å². The van der Waals surface area contributed by atoms with Gasteiger partial charge in [-0.15, -0.1) is 0 Å². The van der Waals surface area contributed by atoms with Crippen LogP contribution in [-0.4, -0.2) is 333 Å². The smallest absolute Gasteiger partial charge is 0.0277 e. The lowest BCUT2D eigenvalue weighted by Crippen LogP contribution is -2.71. The van der Waals surface area contributed by atoms with Gasteiger partial charge in [0, 0.05) is 252 Å². The summed E-state index contributed by atoms with van der Waals surface area (Å²) < 4.78 is 0. The van der Waals surface area contributed by atoms with Crippen LogP contribution in [-0.2, 0) is 0 Å². The molecule has 0 amide bonds. The standard InChI is InChI=1S/C15H30N2.C13H26N2.C12H24N2.2C11H22N2.C11H24N2.C10H22N2/c1-11(2)16-8-13-7-15(5,6)14(10-16)17(9-13)12(3)4;1-10(2)14-7-12-5-6-13(9-14)15(8-12)11(3)4;1-9(2)13-5-11-7-14(10(3)4)8-12(11)6-13;1-8(2)12-6-11-5-10(12)7-13(11)9(3)4;1-8(2)12-6-10-5-11(7-12)13(10)9(3)4;1-10(2)12-6-5-7-13(9-8-12)11(3)4;1-9(2)11-5-7-12(8-6-11)10(3)4/h11-14H,7-10H2,1-6H3;10-13H,5-9H2,1-4H3;9-12H,5-8H2,1-4H3;2*8-11H,5-7H2,1-4H3;10-11H,5-9H2,1-4H3;9-10H,5-8H2,1-4H3. The number of piperidine rings is 3. The van der Waals surface area contributed by atoms with E-state index in [4.69, 9.17) is 0 Å². The Labute approximate surface area is 605 Å². The van der Waals surface area contributed by atoms with Gasteiger partial charge in [0.05, 0.1) is 0 Å². The van der Waals surface area contributed by atoms with E-state index in [0.717, 1.165) is 120 Å². The number of piperazine rings is 3. The second-order valence-corrected chi connectivity index (χ2v) is 38.1. The summed E-state index contributed by atoms with van der Waals surface area (Å²) in [5.41, 5.74) is 0.483. The summed E-state index contributed by atoms with van der Waals surface area (Å²) in [5.74, 6) is 3.71. The summed E-state index contributed by atoms with van der Waals surface area (Å²) in [6.07, 6.45) is 8.47. The molecule has 0 saturated carbocycles. The molecule has 0 spiro atoms. The summed E-state index contributed by atoms with van der Waals surface area (Å²) in [6, 6.07) is 15.2. The first-order valence-corrected chi connectivity index (χ1v) is 41.8. The molecule has 15 rings (SSSR count). The molecule has 0 radical (unpaired) electrons. The molecular formula is C83H170N14. The van der Waals surface area contributed by atoms with Gasteiger partial charge in [-0.05, 0) is 275 Å². The van der Waals surface area contributed by atoms with E-state index in [2.05, 4.69) is 276 Å². The minimum atomic E-state index is 0.483. The second kappa shape index (κ2) is 39.2. The highest BCUT2D eigenvalue weighted by atomic mass is 15.4. The van der Waals surface area contributed by atoms with Gasteiger partial charge in [-0.1, -0.05) is 13.8 Å². The highest BCUT2D eigenvalue weighted by Crippen LogP contribution is 2.43. The topological polar surface area (TPSA) is 45.4 Å². The van der Waals surface area contributed by atoms with Crippen molar-refractivity contribution >= 4 is 0 Å². The zero-order valence-corrected chi connectivity index (χ0v) is 70.4. The minimum absolute atomic E-state index is 0.483. The van der Waals surface area contributed by atoms with E-state index < -0.39 is 0 Å². The van der Waals surface area contributed by atoms with Gasteiger partial charge in [0.15, 0.2) is 0 Å². The third-order valence-corrected chi connectivity index (χ3v) is 26.2. The van der Waals surface area contributed by atoms with E-state index in [0.29, 0.717) is 29.6 Å². The van der Waals surface area contributed by atoms with Crippen LogP contribution in [0.15, 0.2) is 0 Å². The molecule has 0 aromatic carbocycles. The Balaban J connectivity index is 0.000000179. The molecule has 0 aliphatic carbocycles. The summed E-state index contributed by atoms with van der Waals surface area (Å²) in [7, 11) is 0. The quantitative estimate of drug-likeness (QED) is 0.166. The van der Waals surface area contributed by atoms with Crippen molar-refractivity contribution in [2.24, 2.45) is 29.1 Å². The Bertz CT molecular complexity index is 2030. The molecule has 8 unspecified atom stereocenters. The molecule has 15 fully saturated rings. The molecule has 14 nitrogen and oxygen atoms in total. The monoisotopic (exact) mass is 1360 g/mol. The average molecular weight is 1360 g/mol. The fourth-order valence-electron chi connectivity index (χ4n) is 19.7. The van der Waals surface area contributed by atoms with Crippen LogP contribution in [0.2, 0.25) is 0 Å². The van der Waals surface area contributed by atoms with Gasteiger partial charge in [0.1, 0.15) is 0 Å². The highest BCUT2D eigenvalue weighted by molar-refractivity contribution is 5.05. The van der Waals surface area contributed by atoms with Gasteiger partial charge in [-0.25, -0.2) is 0 Å². The lowest BCUT2D eigenvalue weighted by molar-refractivity contribution is -0.0955. The zero-order chi connectivity index (χ0) is 72.2. The summed E-state index contributed by atoms with van der Waals surface area (Å²) in [5, 5.41) is 0. The van der Waals surface area contributed by atoms with Crippen LogP contribution in [0.25, 0.3) is 0 Å². The molecule has 572 valence electrons. The van der Waals surface area contributed by atoms with E-state index >= 15 is 0 Å². The summed E-state index contributed by atoms with van der Waals surface area (Å²) in [6.45, 7) is 98.3. The van der Waals surface area contributed by atoms with Gasteiger partial charge < -0.3 is 9.80 Å². The Morgan fingerprint density at radius 3 is 0.887 bits per heavy atom. The van der Waals surface area contributed by atoms with Crippen LogP contribution < -0.4 is 0 Å². The largest absolute Gasteiger partial charge is 0.300 e. The fourth-order valence-corrected chi connectivity index (χ4v) is 19.7. The van der Waals surface area contributed by atoms with Crippen molar-refractivity contribution in [3.63, 3.8) is 0 Å². The van der Waals surface area contributed by atoms with Crippen molar-refractivity contribution in [1.29, 1.82) is 0 Å². The van der Waals surface area contributed by atoms with E-state index in [1.807, 2.05) is 0 Å². The van der Waals surface area contributed by atoms with E-state index in [1.165, 1.54) is 183 Å². The molecule has 97 heavy (non-hydrogen) atoms. The van der Waals surface area contributed by atoms with Crippen LogP contribution in [0.1, 0.15) is 246 Å². The predicted octanol–water partition coefficient (Wildman–Crippen LogP) is 13.1. The molecule has 15 aliphatic rings. The first kappa shape index (κ1) is 85.4. The van der Waals surface area contributed by atoms with Crippen LogP contribution in [0.3, 0.4) is 0 Å². The van der Waals surface area contributed by atoms with Crippen LogP contribution >= 0.6 is 0 Å². The van der Waals surface area contributed by atoms with Crippen LogP contribution in [0.4, 0.5) is 0 Å². The first-order valence-electron chi connectivity index (χ1n) is 41.8. The molecule has 0 aromatic rings. The molecule has 8 atom stereocenters. The molecule has 15 saturated heterocycles.